The van der Waals surface area contributed by atoms with Crippen LogP contribution in [0.1, 0.15) is 94.4 Å². The lowest BCUT2D eigenvalue weighted by Crippen LogP contribution is -2.41. The molecule has 2 heterocycles. The predicted molar refractivity (Wildman–Crippen MR) is 121 cm³/mol. The summed E-state index contributed by atoms with van der Waals surface area (Å²) in [5.74, 6) is -3.30. The number of hydrogen-bond acceptors (Lipinski definition) is 6. The van der Waals surface area contributed by atoms with Gasteiger partial charge in [0.25, 0.3) is 0 Å². The van der Waals surface area contributed by atoms with E-state index < -0.39 is 35.7 Å². The highest BCUT2D eigenvalue weighted by molar-refractivity contribution is 5.96. The molecule has 2 saturated heterocycles. The number of cyclic esters (lactones) is 4. The summed E-state index contributed by atoms with van der Waals surface area (Å²) in [6.07, 6.45) is 3.80. The van der Waals surface area contributed by atoms with E-state index in [0.29, 0.717) is 12.8 Å². The lowest BCUT2D eigenvalue weighted by molar-refractivity contribution is -0.154. The normalized spacial score (nSPS) is 23.6. The van der Waals surface area contributed by atoms with E-state index in [1.165, 1.54) is 0 Å². The highest BCUT2D eigenvalue weighted by atomic mass is 16.6. The van der Waals surface area contributed by atoms with Crippen molar-refractivity contribution in [1.82, 2.24) is 0 Å². The van der Waals surface area contributed by atoms with Crippen LogP contribution in [0.15, 0.2) is 11.6 Å². The quantitative estimate of drug-likeness (QED) is 0.281. The lowest BCUT2D eigenvalue weighted by atomic mass is 9.54. The van der Waals surface area contributed by atoms with Crippen LogP contribution in [-0.2, 0) is 28.7 Å². The van der Waals surface area contributed by atoms with Gasteiger partial charge in [-0.1, -0.05) is 74.0 Å². The number of ether oxygens (including phenoxy) is 2. The molecule has 2 rings (SSSR count). The molecule has 2 unspecified atom stereocenters. The third kappa shape index (κ3) is 5.87. The van der Waals surface area contributed by atoms with Crippen LogP contribution >= 0.6 is 0 Å². The Kier molecular flexibility index (Phi) is 7.19. The largest absolute Gasteiger partial charge is 0.393 e. The van der Waals surface area contributed by atoms with Gasteiger partial charge in [-0.2, -0.15) is 0 Å². The highest BCUT2D eigenvalue weighted by Crippen LogP contribution is 2.54. The maximum absolute atomic E-state index is 12.1. The molecule has 0 saturated carbocycles. The molecule has 2 atom stereocenters. The minimum absolute atomic E-state index is 0.0112. The number of esters is 4. The average Bonchev–Trinajstić information content (AvgIpc) is 3.05. The van der Waals surface area contributed by atoms with Crippen molar-refractivity contribution in [3.05, 3.63) is 11.6 Å². The number of carbonyl (C=O) groups is 4. The van der Waals surface area contributed by atoms with E-state index in [9.17, 15) is 19.2 Å². The summed E-state index contributed by atoms with van der Waals surface area (Å²) in [7, 11) is 0. The number of allylic oxidation sites excluding steroid dienone is 1. The van der Waals surface area contributed by atoms with Gasteiger partial charge in [0.2, 0.25) is 0 Å². The SMILES string of the molecule is CC(C)(C)C(C)(C)CC(C)(C)C(C)(C)C/C(=C/C1CC(=O)OC1=O)CC1CC(=O)OC1=O. The molecule has 2 aliphatic rings. The maximum Gasteiger partial charge on any atom is 0.321 e. The van der Waals surface area contributed by atoms with Crippen LogP contribution in [0.25, 0.3) is 0 Å². The van der Waals surface area contributed by atoms with Crippen molar-refractivity contribution >= 4 is 23.9 Å². The molecule has 2 aliphatic heterocycles. The second kappa shape index (κ2) is 8.75. The minimum Gasteiger partial charge on any atom is -0.393 e. The fraction of sp³-hybridized carbons (Fsp3) is 0.769. The van der Waals surface area contributed by atoms with Gasteiger partial charge in [-0.05, 0) is 40.9 Å². The van der Waals surface area contributed by atoms with Crippen LogP contribution in [0.2, 0.25) is 0 Å². The van der Waals surface area contributed by atoms with Gasteiger partial charge in [-0.3, -0.25) is 19.2 Å². The van der Waals surface area contributed by atoms with Crippen LogP contribution in [0, 0.1) is 33.5 Å². The Labute approximate surface area is 192 Å². The first-order chi connectivity index (χ1) is 14.3. The van der Waals surface area contributed by atoms with Gasteiger partial charge < -0.3 is 9.47 Å². The van der Waals surface area contributed by atoms with Crippen molar-refractivity contribution in [3.63, 3.8) is 0 Å². The molecule has 0 N–H and O–H groups in total. The molecule has 6 heteroatoms. The molecule has 0 aliphatic carbocycles. The van der Waals surface area contributed by atoms with E-state index in [2.05, 4.69) is 62.3 Å². The first-order valence-electron chi connectivity index (χ1n) is 11.5. The summed E-state index contributed by atoms with van der Waals surface area (Å²) >= 11 is 0. The summed E-state index contributed by atoms with van der Waals surface area (Å²) < 4.78 is 9.45. The van der Waals surface area contributed by atoms with Gasteiger partial charge in [0, 0.05) is 0 Å². The third-order valence-electron chi connectivity index (χ3n) is 8.23. The molecule has 0 spiro atoms. The Morgan fingerprint density at radius 2 is 1.31 bits per heavy atom. The molecular formula is C26H40O6. The Morgan fingerprint density at radius 3 is 1.75 bits per heavy atom. The first-order valence-corrected chi connectivity index (χ1v) is 11.5. The monoisotopic (exact) mass is 448 g/mol. The Balaban J connectivity index is 2.32. The van der Waals surface area contributed by atoms with Gasteiger partial charge in [0.05, 0.1) is 24.7 Å². The Bertz CT molecular complexity index is 822. The summed E-state index contributed by atoms with van der Waals surface area (Å²) in [6.45, 7) is 20.3. The smallest absolute Gasteiger partial charge is 0.321 e. The number of hydrogen-bond donors (Lipinski definition) is 0. The first kappa shape index (κ1) is 26.3. The average molecular weight is 449 g/mol. The van der Waals surface area contributed by atoms with E-state index in [0.717, 1.165) is 12.0 Å². The van der Waals surface area contributed by atoms with Gasteiger partial charge in [0.1, 0.15) is 0 Å². The zero-order valence-corrected chi connectivity index (χ0v) is 21.2. The van der Waals surface area contributed by atoms with Crippen molar-refractivity contribution < 1.29 is 28.7 Å². The van der Waals surface area contributed by atoms with E-state index in [1.807, 2.05) is 0 Å². The molecule has 0 aromatic carbocycles. The molecule has 0 amide bonds. The molecule has 32 heavy (non-hydrogen) atoms. The highest BCUT2D eigenvalue weighted by Gasteiger charge is 2.45. The predicted octanol–water partition coefficient (Wildman–Crippen LogP) is 5.39. The van der Waals surface area contributed by atoms with E-state index in [-0.39, 0.29) is 34.5 Å². The minimum atomic E-state index is -0.643. The molecule has 0 aromatic heterocycles. The van der Waals surface area contributed by atoms with Crippen LogP contribution < -0.4 is 0 Å². The molecule has 6 nitrogen and oxygen atoms in total. The second-order valence-corrected chi connectivity index (χ2v) is 12.6. The summed E-state index contributed by atoms with van der Waals surface area (Å²) in [5.41, 5.74) is 0.855. The summed E-state index contributed by atoms with van der Waals surface area (Å²) in [6, 6.07) is 0. The molecule has 180 valence electrons. The van der Waals surface area contributed by atoms with E-state index in [1.54, 1.807) is 6.08 Å². The number of carbonyl (C=O) groups excluding carboxylic acids is 4. The molecule has 0 aromatic rings. The van der Waals surface area contributed by atoms with Crippen molar-refractivity contribution in [1.29, 1.82) is 0 Å². The van der Waals surface area contributed by atoms with Gasteiger partial charge >= 0.3 is 23.9 Å². The summed E-state index contributed by atoms with van der Waals surface area (Å²) in [4.78, 5) is 47.4. The zero-order chi connectivity index (χ0) is 24.7. The fourth-order valence-electron chi connectivity index (χ4n) is 4.51. The van der Waals surface area contributed by atoms with Crippen LogP contribution in [0.3, 0.4) is 0 Å². The van der Waals surface area contributed by atoms with Crippen LogP contribution in [0.5, 0.6) is 0 Å². The fourth-order valence-corrected chi connectivity index (χ4v) is 4.51. The van der Waals surface area contributed by atoms with Crippen molar-refractivity contribution in [2.45, 2.75) is 94.4 Å². The summed E-state index contributed by atoms with van der Waals surface area (Å²) in [5, 5.41) is 0. The maximum atomic E-state index is 12.1. The molecule has 2 fully saturated rings. The second-order valence-electron chi connectivity index (χ2n) is 12.6. The standard InChI is InChI=1S/C26H40O6/c1-23(2,3)25(6,7)15-26(8,9)24(4,5)14-16(10-17-12-19(27)31-21(17)29)11-18-13-20(28)32-22(18)30/h10,17-18H,11-15H2,1-9H3/b16-10+. The van der Waals surface area contributed by atoms with Crippen molar-refractivity contribution in [2.24, 2.45) is 33.5 Å². The van der Waals surface area contributed by atoms with Gasteiger partial charge in [-0.15, -0.1) is 0 Å². The van der Waals surface area contributed by atoms with Crippen molar-refractivity contribution in [3.8, 4) is 0 Å². The van der Waals surface area contributed by atoms with Gasteiger partial charge in [-0.25, -0.2) is 0 Å². The third-order valence-corrected chi connectivity index (χ3v) is 8.23. The zero-order valence-electron chi connectivity index (χ0n) is 21.2. The van der Waals surface area contributed by atoms with E-state index >= 15 is 0 Å². The Hall–Kier alpha value is -1.98. The van der Waals surface area contributed by atoms with E-state index in [4.69, 9.17) is 9.47 Å². The lowest BCUT2D eigenvalue weighted by Gasteiger charge is -2.50. The van der Waals surface area contributed by atoms with Crippen LogP contribution in [-0.4, -0.2) is 23.9 Å². The molecule has 0 bridgehead atoms. The topological polar surface area (TPSA) is 86.7 Å². The number of rotatable bonds is 8. The van der Waals surface area contributed by atoms with Crippen molar-refractivity contribution in [2.75, 3.05) is 0 Å². The van der Waals surface area contributed by atoms with Crippen LogP contribution in [0.4, 0.5) is 0 Å². The molecule has 0 radical (unpaired) electrons. The Morgan fingerprint density at radius 1 is 0.781 bits per heavy atom. The van der Waals surface area contributed by atoms with Gasteiger partial charge in [0.15, 0.2) is 0 Å². The molecular weight excluding hydrogens is 408 g/mol.